The van der Waals surface area contributed by atoms with Crippen LogP contribution in [0.2, 0.25) is 0 Å². The quantitative estimate of drug-likeness (QED) is 0.459. The van der Waals surface area contributed by atoms with Crippen molar-refractivity contribution in [2.45, 2.75) is 56.9 Å². The van der Waals surface area contributed by atoms with E-state index in [1.807, 2.05) is 0 Å². The number of Topliss-reactive ketones (excluding diaryl/α,β-unsaturated/α-hetero) is 1. The molecular weight excluding hydrogens is 216 g/mol. The number of carbonyl (C=O) groups excluding carboxylic acids is 1. The minimum Gasteiger partial charge on any atom is -0.388 e. The van der Waals surface area contributed by atoms with Gasteiger partial charge < -0.3 is 25.2 Å². The van der Waals surface area contributed by atoms with Crippen molar-refractivity contribution in [3.05, 3.63) is 0 Å². The maximum absolute atomic E-state index is 11.3. The third-order valence-corrected chi connectivity index (χ3v) is 2.88. The second-order valence-electron chi connectivity index (χ2n) is 4.04. The average molecular weight is 234 g/mol. The van der Waals surface area contributed by atoms with Crippen molar-refractivity contribution >= 4 is 5.78 Å². The SMILES string of the molecule is CCC(=O)C(O)C1O[C@@H](C)[C@H](O)[C@@H](O)[C@H]1O. The van der Waals surface area contributed by atoms with Crippen LogP contribution < -0.4 is 0 Å². The van der Waals surface area contributed by atoms with Crippen molar-refractivity contribution in [2.75, 3.05) is 0 Å². The molecule has 1 rings (SSSR count). The summed E-state index contributed by atoms with van der Waals surface area (Å²) in [5.41, 5.74) is 0. The highest BCUT2D eigenvalue weighted by atomic mass is 16.5. The fourth-order valence-electron chi connectivity index (χ4n) is 1.74. The molecule has 1 heterocycles. The number of aliphatic hydroxyl groups is 4. The van der Waals surface area contributed by atoms with Crippen LogP contribution in [-0.2, 0) is 9.53 Å². The number of carbonyl (C=O) groups is 1. The Morgan fingerprint density at radius 3 is 2.31 bits per heavy atom. The Morgan fingerprint density at radius 2 is 1.81 bits per heavy atom. The molecule has 0 aromatic carbocycles. The van der Waals surface area contributed by atoms with Crippen LogP contribution in [0.4, 0.5) is 0 Å². The summed E-state index contributed by atoms with van der Waals surface area (Å²) in [6.45, 7) is 3.07. The zero-order valence-corrected chi connectivity index (χ0v) is 9.28. The molecule has 2 unspecified atom stereocenters. The Kier molecular flexibility index (Phi) is 4.40. The van der Waals surface area contributed by atoms with E-state index in [0.717, 1.165) is 0 Å². The van der Waals surface area contributed by atoms with E-state index >= 15 is 0 Å². The molecule has 0 aliphatic carbocycles. The summed E-state index contributed by atoms with van der Waals surface area (Å²) in [6, 6.07) is 0. The summed E-state index contributed by atoms with van der Waals surface area (Å²) in [5, 5.41) is 38.1. The summed E-state index contributed by atoms with van der Waals surface area (Å²) < 4.78 is 5.14. The Bertz CT molecular complexity index is 256. The summed E-state index contributed by atoms with van der Waals surface area (Å²) in [6.07, 6.45) is -7.44. The zero-order valence-electron chi connectivity index (χ0n) is 9.28. The van der Waals surface area contributed by atoms with Gasteiger partial charge in [0.25, 0.3) is 0 Å². The molecule has 4 N–H and O–H groups in total. The summed E-state index contributed by atoms with van der Waals surface area (Å²) >= 11 is 0. The van der Waals surface area contributed by atoms with Gasteiger partial charge in [0.1, 0.15) is 30.5 Å². The standard InChI is InChI=1S/C10H18O6/c1-3-5(11)7(13)10-9(15)8(14)6(12)4(2)16-10/h4,6-10,12-15H,3H2,1-2H3/t4-,6-,7?,8+,9+,10?/m0/s1. The molecule has 1 aliphatic rings. The van der Waals surface area contributed by atoms with E-state index in [9.17, 15) is 25.2 Å². The van der Waals surface area contributed by atoms with E-state index in [1.54, 1.807) is 6.92 Å². The van der Waals surface area contributed by atoms with Crippen LogP contribution in [0.15, 0.2) is 0 Å². The first-order valence-electron chi connectivity index (χ1n) is 5.30. The van der Waals surface area contributed by atoms with E-state index in [-0.39, 0.29) is 6.42 Å². The number of hydrogen-bond acceptors (Lipinski definition) is 6. The van der Waals surface area contributed by atoms with Gasteiger partial charge in [-0.1, -0.05) is 6.92 Å². The molecule has 0 saturated carbocycles. The number of ether oxygens (including phenoxy) is 1. The zero-order chi connectivity index (χ0) is 12.5. The van der Waals surface area contributed by atoms with Crippen LogP contribution in [0.3, 0.4) is 0 Å². The van der Waals surface area contributed by atoms with Crippen LogP contribution in [0.5, 0.6) is 0 Å². The van der Waals surface area contributed by atoms with Gasteiger partial charge in [-0.3, -0.25) is 4.79 Å². The first-order valence-corrected chi connectivity index (χ1v) is 5.30. The highest BCUT2D eigenvalue weighted by Crippen LogP contribution is 2.23. The molecule has 0 spiro atoms. The Morgan fingerprint density at radius 1 is 1.25 bits per heavy atom. The average Bonchev–Trinajstić information content (AvgIpc) is 2.29. The number of aliphatic hydroxyl groups excluding tert-OH is 4. The fourth-order valence-corrected chi connectivity index (χ4v) is 1.74. The van der Waals surface area contributed by atoms with Crippen molar-refractivity contribution in [1.82, 2.24) is 0 Å². The predicted octanol–water partition coefficient (Wildman–Crippen LogP) is -1.80. The first-order chi connectivity index (χ1) is 7.40. The number of hydrogen-bond donors (Lipinski definition) is 4. The van der Waals surface area contributed by atoms with E-state index in [2.05, 4.69) is 0 Å². The first kappa shape index (κ1) is 13.5. The molecule has 6 nitrogen and oxygen atoms in total. The smallest absolute Gasteiger partial charge is 0.163 e. The molecule has 0 bridgehead atoms. The van der Waals surface area contributed by atoms with E-state index in [0.29, 0.717) is 0 Å². The van der Waals surface area contributed by atoms with Crippen LogP contribution in [0.1, 0.15) is 20.3 Å². The lowest BCUT2D eigenvalue weighted by Crippen LogP contribution is -2.61. The summed E-state index contributed by atoms with van der Waals surface area (Å²) in [7, 11) is 0. The van der Waals surface area contributed by atoms with E-state index < -0.39 is 42.4 Å². The molecule has 6 atom stereocenters. The van der Waals surface area contributed by atoms with Crippen molar-refractivity contribution in [3.8, 4) is 0 Å². The van der Waals surface area contributed by atoms with Gasteiger partial charge in [-0.2, -0.15) is 0 Å². The van der Waals surface area contributed by atoms with Crippen molar-refractivity contribution in [3.63, 3.8) is 0 Å². The molecule has 1 fully saturated rings. The Labute approximate surface area is 93.5 Å². The minimum atomic E-state index is -1.48. The van der Waals surface area contributed by atoms with Gasteiger partial charge in [-0.25, -0.2) is 0 Å². The molecule has 0 amide bonds. The molecule has 0 aromatic rings. The van der Waals surface area contributed by atoms with Gasteiger partial charge in [-0.15, -0.1) is 0 Å². The normalized spacial score (nSPS) is 41.8. The molecule has 0 aromatic heterocycles. The Hall–Kier alpha value is -0.530. The van der Waals surface area contributed by atoms with Crippen molar-refractivity contribution in [2.24, 2.45) is 0 Å². The second kappa shape index (κ2) is 5.20. The topological polar surface area (TPSA) is 107 Å². The Balaban J connectivity index is 2.77. The predicted molar refractivity (Wildman–Crippen MR) is 53.7 cm³/mol. The van der Waals surface area contributed by atoms with Crippen molar-refractivity contribution < 1.29 is 30.0 Å². The molecule has 1 aliphatic heterocycles. The molecular formula is C10H18O6. The maximum atomic E-state index is 11.3. The summed E-state index contributed by atoms with van der Waals surface area (Å²) in [5.74, 6) is -0.472. The lowest BCUT2D eigenvalue weighted by molar-refractivity contribution is -0.236. The second-order valence-corrected chi connectivity index (χ2v) is 4.04. The van der Waals surface area contributed by atoms with Gasteiger partial charge in [0, 0.05) is 6.42 Å². The number of ketones is 1. The van der Waals surface area contributed by atoms with Gasteiger partial charge in [0.05, 0.1) is 6.10 Å². The van der Waals surface area contributed by atoms with Crippen LogP contribution >= 0.6 is 0 Å². The number of rotatable bonds is 3. The molecule has 1 saturated heterocycles. The minimum absolute atomic E-state index is 0.112. The summed E-state index contributed by atoms with van der Waals surface area (Å²) in [4.78, 5) is 11.3. The van der Waals surface area contributed by atoms with Gasteiger partial charge >= 0.3 is 0 Å². The lowest BCUT2D eigenvalue weighted by Gasteiger charge is -2.40. The third kappa shape index (κ3) is 2.41. The molecule has 94 valence electrons. The van der Waals surface area contributed by atoms with E-state index in [4.69, 9.17) is 4.74 Å². The monoisotopic (exact) mass is 234 g/mol. The largest absolute Gasteiger partial charge is 0.388 e. The van der Waals surface area contributed by atoms with Gasteiger partial charge in [0.2, 0.25) is 0 Å². The highest BCUT2D eigenvalue weighted by molar-refractivity contribution is 5.83. The third-order valence-electron chi connectivity index (χ3n) is 2.88. The molecule has 0 radical (unpaired) electrons. The van der Waals surface area contributed by atoms with Gasteiger partial charge in [0.15, 0.2) is 5.78 Å². The van der Waals surface area contributed by atoms with Crippen LogP contribution in [-0.4, -0.2) is 62.8 Å². The highest BCUT2D eigenvalue weighted by Gasteiger charge is 2.45. The van der Waals surface area contributed by atoms with Crippen LogP contribution in [0.25, 0.3) is 0 Å². The van der Waals surface area contributed by atoms with Crippen molar-refractivity contribution in [1.29, 1.82) is 0 Å². The lowest BCUT2D eigenvalue weighted by atomic mass is 9.91. The van der Waals surface area contributed by atoms with Gasteiger partial charge in [-0.05, 0) is 6.92 Å². The maximum Gasteiger partial charge on any atom is 0.163 e. The van der Waals surface area contributed by atoms with E-state index in [1.165, 1.54) is 6.92 Å². The molecule has 6 heteroatoms. The van der Waals surface area contributed by atoms with Crippen LogP contribution in [0, 0.1) is 0 Å². The fraction of sp³-hybridized carbons (Fsp3) is 0.900. The molecule has 16 heavy (non-hydrogen) atoms.